The number of aromatic nitrogens is 4. The number of amides is 1. The number of anilines is 1. The number of nitrogens with zero attached hydrogens (tertiary/aromatic N) is 5. The lowest BCUT2D eigenvalue weighted by Gasteiger charge is -2.19. The van der Waals surface area contributed by atoms with Crippen molar-refractivity contribution < 1.29 is 13.9 Å². The van der Waals surface area contributed by atoms with Gasteiger partial charge in [0.1, 0.15) is 11.9 Å². The molecule has 0 aliphatic carbocycles. The number of carbonyl (C=O) groups excluding carboxylic acids is 1. The van der Waals surface area contributed by atoms with Gasteiger partial charge in [0.15, 0.2) is 10.8 Å². The molecule has 1 amide bonds. The number of aryl methyl sites for hydroxylation is 1. The fraction of sp³-hybridized carbons (Fsp3) is 0.444. The van der Waals surface area contributed by atoms with Crippen LogP contribution in [0.3, 0.4) is 0 Å². The Labute approximate surface area is 165 Å². The minimum Gasteiger partial charge on any atom is -0.488 e. The third kappa shape index (κ3) is 3.83. The standard InChI is InChI=1S/C18H21FN6O2S/c1-10-6-12(27-14-4-5-20-17-13(14)8-24(3)23-17)7-25(10)9-15-16(19)22-18(28-15)21-11(2)26/h4-5,8,10,12H,6-7,9H2,1-3H3,(H,21,22,26). The van der Waals surface area contributed by atoms with Crippen molar-refractivity contribution in [2.75, 3.05) is 11.9 Å². The van der Waals surface area contributed by atoms with E-state index in [0.717, 1.165) is 17.6 Å². The van der Waals surface area contributed by atoms with E-state index in [4.69, 9.17) is 4.74 Å². The van der Waals surface area contributed by atoms with E-state index in [1.54, 1.807) is 10.9 Å². The first kappa shape index (κ1) is 18.8. The highest BCUT2D eigenvalue weighted by molar-refractivity contribution is 7.15. The Morgan fingerprint density at radius 1 is 1.50 bits per heavy atom. The molecule has 3 aromatic heterocycles. The van der Waals surface area contributed by atoms with Crippen LogP contribution in [-0.4, -0.2) is 49.2 Å². The number of carbonyl (C=O) groups is 1. The van der Waals surface area contributed by atoms with Crippen LogP contribution in [0.5, 0.6) is 5.75 Å². The summed E-state index contributed by atoms with van der Waals surface area (Å²) in [7, 11) is 1.85. The number of thiazole rings is 1. The number of rotatable bonds is 5. The zero-order chi connectivity index (χ0) is 19.8. The highest BCUT2D eigenvalue weighted by atomic mass is 32.1. The topological polar surface area (TPSA) is 85.2 Å². The summed E-state index contributed by atoms with van der Waals surface area (Å²) in [6, 6.07) is 2.09. The Hall–Kier alpha value is -2.59. The van der Waals surface area contributed by atoms with Crippen LogP contribution in [0.1, 0.15) is 25.1 Å². The van der Waals surface area contributed by atoms with Crippen LogP contribution in [0.2, 0.25) is 0 Å². The van der Waals surface area contributed by atoms with Crippen molar-refractivity contribution in [2.45, 2.75) is 39.0 Å². The molecule has 1 fully saturated rings. The zero-order valence-electron chi connectivity index (χ0n) is 15.8. The van der Waals surface area contributed by atoms with Gasteiger partial charge in [-0.25, -0.2) is 4.98 Å². The monoisotopic (exact) mass is 404 g/mol. The van der Waals surface area contributed by atoms with E-state index >= 15 is 0 Å². The van der Waals surface area contributed by atoms with Gasteiger partial charge >= 0.3 is 0 Å². The Kier molecular flexibility index (Phi) is 4.98. The molecule has 3 aromatic rings. The van der Waals surface area contributed by atoms with E-state index in [9.17, 15) is 9.18 Å². The van der Waals surface area contributed by atoms with Crippen LogP contribution < -0.4 is 10.1 Å². The first-order valence-corrected chi connectivity index (χ1v) is 9.82. The molecule has 1 aliphatic rings. The third-order valence-electron chi connectivity index (χ3n) is 4.74. The summed E-state index contributed by atoms with van der Waals surface area (Å²) in [6.45, 7) is 4.59. The highest BCUT2D eigenvalue weighted by Gasteiger charge is 2.32. The van der Waals surface area contributed by atoms with Crippen LogP contribution in [0.4, 0.5) is 9.52 Å². The summed E-state index contributed by atoms with van der Waals surface area (Å²) in [5, 5.41) is 8.01. The van der Waals surface area contributed by atoms with Crippen molar-refractivity contribution in [3.05, 3.63) is 29.3 Å². The van der Waals surface area contributed by atoms with E-state index in [1.807, 2.05) is 19.3 Å². The van der Waals surface area contributed by atoms with Gasteiger partial charge in [-0.2, -0.15) is 14.5 Å². The summed E-state index contributed by atoms with van der Waals surface area (Å²) >= 11 is 1.17. The maximum atomic E-state index is 14.1. The highest BCUT2D eigenvalue weighted by Crippen LogP contribution is 2.30. The summed E-state index contributed by atoms with van der Waals surface area (Å²) in [4.78, 5) is 21.9. The molecule has 4 heterocycles. The lowest BCUT2D eigenvalue weighted by Crippen LogP contribution is -2.28. The van der Waals surface area contributed by atoms with Crippen LogP contribution in [-0.2, 0) is 18.4 Å². The smallest absolute Gasteiger partial charge is 0.230 e. The van der Waals surface area contributed by atoms with Crippen LogP contribution in [0.15, 0.2) is 18.5 Å². The van der Waals surface area contributed by atoms with Gasteiger partial charge in [0.05, 0.1) is 10.3 Å². The predicted octanol–water partition coefficient (Wildman–Crippen LogP) is 2.56. The summed E-state index contributed by atoms with van der Waals surface area (Å²) in [5.41, 5.74) is 0.653. The lowest BCUT2D eigenvalue weighted by molar-refractivity contribution is -0.114. The molecule has 4 rings (SSSR count). The van der Waals surface area contributed by atoms with Crippen molar-refractivity contribution in [1.82, 2.24) is 24.6 Å². The van der Waals surface area contributed by atoms with Crippen LogP contribution in [0.25, 0.3) is 11.0 Å². The Morgan fingerprint density at radius 3 is 3.11 bits per heavy atom. The predicted molar refractivity (Wildman–Crippen MR) is 104 cm³/mol. The number of hydrogen-bond donors (Lipinski definition) is 1. The average molecular weight is 404 g/mol. The molecule has 8 nitrogen and oxygen atoms in total. The van der Waals surface area contributed by atoms with E-state index in [0.29, 0.717) is 23.6 Å². The Morgan fingerprint density at radius 2 is 2.32 bits per heavy atom. The number of likely N-dealkylation sites (tertiary alicyclic amines) is 1. The van der Waals surface area contributed by atoms with Crippen molar-refractivity contribution in [2.24, 2.45) is 7.05 Å². The molecule has 10 heteroatoms. The third-order valence-corrected chi connectivity index (χ3v) is 5.67. The molecule has 2 unspecified atom stereocenters. The molecular formula is C18H21FN6O2S. The van der Waals surface area contributed by atoms with Crippen molar-refractivity contribution in [3.8, 4) is 5.75 Å². The quantitative estimate of drug-likeness (QED) is 0.704. The molecule has 0 aromatic carbocycles. The van der Waals surface area contributed by atoms with Gasteiger partial charge in [0, 0.05) is 51.9 Å². The van der Waals surface area contributed by atoms with Gasteiger partial charge in [-0.15, -0.1) is 0 Å². The number of hydrogen-bond acceptors (Lipinski definition) is 7. The molecule has 1 saturated heterocycles. The molecule has 1 aliphatic heterocycles. The Balaban J connectivity index is 1.45. The van der Waals surface area contributed by atoms with E-state index in [1.165, 1.54) is 18.3 Å². The van der Waals surface area contributed by atoms with E-state index in [2.05, 4.69) is 32.2 Å². The second-order valence-corrected chi connectivity index (χ2v) is 8.10. The van der Waals surface area contributed by atoms with E-state index < -0.39 is 5.95 Å². The molecule has 1 N–H and O–H groups in total. The molecule has 0 bridgehead atoms. The minimum absolute atomic E-state index is 0.00777. The fourth-order valence-electron chi connectivity index (χ4n) is 3.46. The fourth-order valence-corrected chi connectivity index (χ4v) is 4.38. The molecule has 148 valence electrons. The molecule has 0 saturated carbocycles. The second kappa shape index (κ2) is 7.44. The van der Waals surface area contributed by atoms with Gasteiger partial charge in [-0.3, -0.25) is 14.4 Å². The number of pyridine rings is 1. The SMILES string of the molecule is CC(=O)Nc1nc(F)c(CN2CC(Oc3ccnc4nn(C)cc34)CC2C)s1. The van der Waals surface area contributed by atoms with Crippen LogP contribution in [0, 0.1) is 5.95 Å². The maximum Gasteiger partial charge on any atom is 0.230 e. The largest absolute Gasteiger partial charge is 0.488 e. The summed E-state index contributed by atoms with van der Waals surface area (Å²) in [6.07, 6.45) is 4.41. The Bertz CT molecular complexity index is 1020. The first-order chi connectivity index (χ1) is 13.4. The second-order valence-electron chi connectivity index (χ2n) is 7.02. The van der Waals surface area contributed by atoms with Crippen molar-refractivity contribution in [3.63, 3.8) is 0 Å². The molecule has 0 spiro atoms. The van der Waals surface area contributed by atoms with Gasteiger partial charge < -0.3 is 10.1 Å². The van der Waals surface area contributed by atoms with Gasteiger partial charge in [0.25, 0.3) is 0 Å². The van der Waals surface area contributed by atoms with Crippen molar-refractivity contribution >= 4 is 33.4 Å². The van der Waals surface area contributed by atoms with Gasteiger partial charge in [0.2, 0.25) is 11.9 Å². The van der Waals surface area contributed by atoms with Gasteiger partial charge in [-0.1, -0.05) is 11.3 Å². The first-order valence-electron chi connectivity index (χ1n) is 9.01. The molecule has 28 heavy (non-hydrogen) atoms. The van der Waals surface area contributed by atoms with Crippen LogP contribution >= 0.6 is 11.3 Å². The maximum absolute atomic E-state index is 14.1. The lowest BCUT2D eigenvalue weighted by atomic mass is 10.2. The average Bonchev–Trinajstić information content (AvgIpc) is 3.25. The summed E-state index contributed by atoms with van der Waals surface area (Å²) in [5.74, 6) is -0.0343. The molecular weight excluding hydrogens is 383 g/mol. The van der Waals surface area contributed by atoms with E-state index in [-0.39, 0.29) is 23.2 Å². The van der Waals surface area contributed by atoms with Crippen molar-refractivity contribution in [1.29, 1.82) is 0 Å². The number of nitrogens with one attached hydrogen (secondary N) is 1. The molecule has 2 atom stereocenters. The summed E-state index contributed by atoms with van der Waals surface area (Å²) < 4.78 is 22.1. The normalized spacial score (nSPS) is 20.0. The number of halogens is 1. The zero-order valence-corrected chi connectivity index (χ0v) is 16.7. The number of fused-ring (bicyclic) bond motifs is 1. The minimum atomic E-state index is -0.531. The number of ether oxygens (including phenoxy) is 1. The molecule has 0 radical (unpaired) electrons. The van der Waals surface area contributed by atoms with Gasteiger partial charge in [-0.05, 0) is 13.0 Å².